The van der Waals surface area contributed by atoms with Gasteiger partial charge in [-0.2, -0.15) is 0 Å². The third-order valence-corrected chi connectivity index (χ3v) is 6.02. The third kappa shape index (κ3) is 6.66. The van der Waals surface area contributed by atoms with Gasteiger partial charge in [0.25, 0.3) is 5.91 Å². The lowest BCUT2D eigenvalue weighted by atomic mass is 10.0. The maximum atomic E-state index is 12.5. The van der Waals surface area contributed by atoms with E-state index in [0.717, 1.165) is 29.4 Å². The van der Waals surface area contributed by atoms with Crippen molar-refractivity contribution in [3.05, 3.63) is 70.9 Å². The fourth-order valence-corrected chi connectivity index (χ4v) is 3.83. The molecule has 3 rings (SSSR count). The number of aromatic nitrogens is 1. The van der Waals surface area contributed by atoms with Gasteiger partial charge in [-0.1, -0.05) is 43.9 Å². The summed E-state index contributed by atoms with van der Waals surface area (Å²) >= 11 is 0. The highest BCUT2D eigenvalue weighted by Crippen LogP contribution is 2.23. The molecule has 7 heteroatoms. The molecule has 0 fully saturated rings. The van der Waals surface area contributed by atoms with Crippen LogP contribution < -0.4 is 11.1 Å². The summed E-state index contributed by atoms with van der Waals surface area (Å²) in [6, 6.07) is 12.4. The number of rotatable bonds is 9. The van der Waals surface area contributed by atoms with E-state index in [1.165, 1.54) is 0 Å². The zero-order chi connectivity index (χ0) is 25.4. The van der Waals surface area contributed by atoms with E-state index < -0.39 is 6.10 Å². The first-order chi connectivity index (χ1) is 16.9. The Balaban J connectivity index is 1.74. The number of aliphatic hydroxyl groups is 1. The number of hydrogen-bond donors (Lipinski definition) is 3. The van der Waals surface area contributed by atoms with Gasteiger partial charge < -0.3 is 21.1 Å². The smallest absolute Gasteiger partial charge is 0.251 e. The van der Waals surface area contributed by atoms with Crippen LogP contribution in [0, 0.1) is 11.8 Å². The quantitative estimate of drug-likeness (QED) is 0.326. The van der Waals surface area contributed by atoms with Gasteiger partial charge in [0, 0.05) is 53.7 Å². The van der Waals surface area contributed by atoms with Gasteiger partial charge in [-0.25, -0.2) is 4.98 Å². The molecule has 0 saturated carbocycles. The van der Waals surface area contributed by atoms with Crippen molar-refractivity contribution in [2.24, 2.45) is 0 Å². The number of amides is 1. The van der Waals surface area contributed by atoms with Gasteiger partial charge in [-0.3, -0.25) is 9.59 Å². The van der Waals surface area contributed by atoms with Crippen molar-refractivity contribution in [2.45, 2.75) is 32.8 Å². The molecule has 0 aliphatic carbocycles. The second-order valence-electron chi connectivity index (χ2n) is 8.33. The highest BCUT2D eigenvalue weighted by atomic mass is 16.3. The van der Waals surface area contributed by atoms with Crippen molar-refractivity contribution in [3.8, 4) is 11.8 Å². The van der Waals surface area contributed by atoms with Crippen molar-refractivity contribution in [2.75, 3.05) is 32.4 Å². The number of fused-ring (bicyclic) bond motifs is 1. The molecular weight excluding hydrogens is 440 g/mol. The van der Waals surface area contributed by atoms with Crippen LogP contribution >= 0.6 is 0 Å². The number of likely N-dealkylation sites (N-methyl/N-ethyl adjacent to an activating group) is 1. The normalized spacial score (nSPS) is 11.7. The molecule has 35 heavy (non-hydrogen) atoms. The van der Waals surface area contributed by atoms with Crippen molar-refractivity contribution < 1.29 is 14.7 Å². The summed E-state index contributed by atoms with van der Waals surface area (Å²) in [7, 11) is 1.58. The van der Waals surface area contributed by atoms with Crippen molar-refractivity contribution in [1.82, 2.24) is 15.2 Å². The highest BCUT2D eigenvalue weighted by molar-refractivity contribution is 6.00. The Morgan fingerprint density at radius 2 is 1.77 bits per heavy atom. The average molecular weight is 473 g/mol. The van der Waals surface area contributed by atoms with E-state index in [2.05, 4.69) is 40.9 Å². The standard InChI is InChI=1S/C28H32N4O3/c1-4-32(5-2)18-23(33)13-15-26(34)20-9-6-19(7-10-20)8-14-24-25-16-21(28(35)30-3)11-12-22(25)17-31-27(24)29/h6-7,9-12,16-17,23,33H,4-5,13,15,18H2,1-3H3,(H2,29,31)(H,30,35). The molecule has 7 nitrogen and oxygen atoms in total. The van der Waals surface area contributed by atoms with Crippen LogP contribution in [-0.4, -0.2) is 59.5 Å². The van der Waals surface area contributed by atoms with Gasteiger partial charge >= 0.3 is 0 Å². The third-order valence-electron chi connectivity index (χ3n) is 6.02. The zero-order valence-electron chi connectivity index (χ0n) is 20.5. The number of pyridine rings is 1. The lowest BCUT2D eigenvalue weighted by molar-refractivity contribution is 0.0876. The van der Waals surface area contributed by atoms with E-state index >= 15 is 0 Å². The van der Waals surface area contributed by atoms with E-state index in [0.29, 0.717) is 36.1 Å². The molecule has 0 spiro atoms. The van der Waals surface area contributed by atoms with Gasteiger partial charge in [0.05, 0.1) is 11.7 Å². The molecule has 1 heterocycles. The van der Waals surface area contributed by atoms with E-state index in [4.69, 9.17) is 5.73 Å². The lowest BCUT2D eigenvalue weighted by Gasteiger charge is -2.21. The Bertz CT molecular complexity index is 1250. The summed E-state index contributed by atoms with van der Waals surface area (Å²) in [4.78, 5) is 31.0. The van der Waals surface area contributed by atoms with Gasteiger partial charge in [0.1, 0.15) is 5.82 Å². The maximum absolute atomic E-state index is 12.5. The number of carbonyl (C=O) groups is 2. The van der Waals surface area contributed by atoms with Crippen molar-refractivity contribution in [3.63, 3.8) is 0 Å². The molecule has 0 saturated heterocycles. The Hall–Kier alpha value is -3.73. The molecule has 3 aromatic rings. The Kier molecular flexibility index (Phi) is 8.96. The first-order valence-corrected chi connectivity index (χ1v) is 11.8. The summed E-state index contributed by atoms with van der Waals surface area (Å²) in [5, 5.41) is 14.4. The highest BCUT2D eigenvalue weighted by Gasteiger charge is 2.13. The minimum Gasteiger partial charge on any atom is -0.392 e. The monoisotopic (exact) mass is 472 g/mol. The fourth-order valence-electron chi connectivity index (χ4n) is 3.83. The minimum atomic E-state index is -0.521. The van der Waals surface area contributed by atoms with Crippen molar-refractivity contribution in [1.29, 1.82) is 0 Å². The molecule has 1 aromatic heterocycles. The Morgan fingerprint density at radius 3 is 2.43 bits per heavy atom. The Morgan fingerprint density at radius 1 is 1.09 bits per heavy atom. The number of nitrogens with zero attached hydrogens (tertiary/aromatic N) is 2. The zero-order valence-corrected chi connectivity index (χ0v) is 20.5. The number of hydrogen-bond acceptors (Lipinski definition) is 6. The van der Waals surface area contributed by atoms with E-state index in [9.17, 15) is 14.7 Å². The number of aliphatic hydroxyl groups excluding tert-OH is 1. The molecular formula is C28H32N4O3. The van der Waals surface area contributed by atoms with Crippen LogP contribution in [0.2, 0.25) is 0 Å². The number of nitrogens with two attached hydrogens (primary N) is 1. The van der Waals surface area contributed by atoms with Crippen LogP contribution in [0.5, 0.6) is 0 Å². The second kappa shape index (κ2) is 12.1. The predicted molar refractivity (Wildman–Crippen MR) is 139 cm³/mol. The lowest BCUT2D eigenvalue weighted by Crippen LogP contribution is -2.32. The summed E-state index contributed by atoms with van der Waals surface area (Å²) in [6.45, 7) is 6.43. The first-order valence-electron chi connectivity index (χ1n) is 11.8. The predicted octanol–water partition coefficient (Wildman–Crippen LogP) is 3.24. The summed E-state index contributed by atoms with van der Waals surface area (Å²) in [5.41, 5.74) is 8.47. The number of nitrogens with one attached hydrogen (secondary N) is 1. The second-order valence-corrected chi connectivity index (χ2v) is 8.33. The van der Waals surface area contributed by atoms with Crippen LogP contribution in [0.25, 0.3) is 10.8 Å². The number of carbonyl (C=O) groups excluding carboxylic acids is 2. The molecule has 0 aliphatic heterocycles. The number of nitrogen functional groups attached to an aromatic ring is 1. The summed E-state index contributed by atoms with van der Waals surface area (Å²) in [6.07, 6.45) is 1.86. The molecule has 1 unspecified atom stereocenters. The first kappa shape index (κ1) is 25.9. The van der Waals surface area contributed by atoms with E-state index in [1.54, 1.807) is 49.6 Å². The molecule has 2 aromatic carbocycles. The number of Topliss-reactive ketones (excluding diaryl/α,β-unsaturated/α-hetero) is 1. The van der Waals surface area contributed by atoms with Crippen molar-refractivity contribution >= 4 is 28.3 Å². The molecule has 0 bridgehead atoms. The molecule has 182 valence electrons. The number of ketones is 1. The number of benzene rings is 2. The summed E-state index contributed by atoms with van der Waals surface area (Å²) < 4.78 is 0. The van der Waals surface area contributed by atoms with Gasteiger partial charge in [-0.05, 0) is 43.8 Å². The van der Waals surface area contributed by atoms with E-state index in [-0.39, 0.29) is 17.5 Å². The van der Waals surface area contributed by atoms with Crippen LogP contribution in [-0.2, 0) is 0 Å². The topological polar surface area (TPSA) is 109 Å². The molecule has 1 atom stereocenters. The summed E-state index contributed by atoms with van der Waals surface area (Å²) in [5.74, 6) is 6.25. The minimum absolute atomic E-state index is 0.00710. The van der Waals surface area contributed by atoms with Crippen LogP contribution in [0.4, 0.5) is 5.82 Å². The van der Waals surface area contributed by atoms with Crippen LogP contribution in [0.3, 0.4) is 0 Å². The molecule has 0 radical (unpaired) electrons. The Labute approximate surface area is 206 Å². The van der Waals surface area contributed by atoms with Crippen LogP contribution in [0.1, 0.15) is 58.5 Å². The van der Waals surface area contributed by atoms with Gasteiger partial charge in [0.15, 0.2) is 5.78 Å². The molecule has 1 amide bonds. The fraction of sp³-hybridized carbons (Fsp3) is 0.321. The largest absolute Gasteiger partial charge is 0.392 e. The molecule has 4 N–H and O–H groups in total. The van der Waals surface area contributed by atoms with E-state index in [1.807, 2.05) is 6.07 Å². The number of anilines is 1. The van der Waals surface area contributed by atoms with Gasteiger partial charge in [0.2, 0.25) is 0 Å². The average Bonchev–Trinajstić information content (AvgIpc) is 2.89. The van der Waals surface area contributed by atoms with Crippen LogP contribution in [0.15, 0.2) is 48.7 Å². The molecule has 0 aliphatic rings. The SMILES string of the molecule is CCN(CC)CC(O)CCC(=O)c1ccc(C#Cc2c(N)ncc3ccc(C(=O)NC)cc23)cc1. The van der Waals surface area contributed by atoms with Gasteiger partial charge in [-0.15, -0.1) is 0 Å². The maximum Gasteiger partial charge on any atom is 0.251 e.